The molecule has 0 atom stereocenters. The minimum absolute atomic E-state index is 0.195. The first-order chi connectivity index (χ1) is 11.6. The van der Waals surface area contributed by atoms with E-state index in [4.69, 9.17) is 0 Å². The van der Waals surface area contributed by atoms with E-state index >= 15 is 0 Å². The lowest BCUT2D eigenvalue weighted by Crippen LogP contribution is -2.34. The third-order valence-corrected chi connectivity index (χ3v) is 4.00. The van der Waals surface area contributed by atoms with Gasteiger partial charge in [0.05, 0.1) is 5.57 Å². The van der Waals surface area contributed by atoms with Gasteiger partial charge in [0.1, 0.15) is 5.70 Å². The Balaban J connectivity index is 2.15. The molecule has 1 aliphatic rings. The highest BCUT2D eigenvalue weighted by Gasteiger charge is 2.40. The van der Waals surface area contributed by atoms with Crippen LogP contribution in [0.25, 0.3) is 5.57 Å². The summed E-state index contributed by atoms with van der Waals surface area (Å²) in [6.07, 6.45) is 1.56. The molecule has 0 radical (unpaired) electrons. The van der Waals surface area contributed by atoms with Gasteiger partial charge in [-0.1, -0.05) is 54.6 Å². The van der Waals surface area contributed by atoms with Gasteiger partial charge in [0.25, 0.3) is 11.8 Å². The molecule has 2 aromatic carbocycles. The van der Waals surface area contributed by atoms with Crippen molar-refractivity contribution in [3.63, 3.8) is 0 Å². The van der Waals surface area contributed by atoms with Gasteiger partial charge in [0.15, 0.2) is 0 Å². The molecule has 0 unspecified atom stereocenters. The molecule has 1 heterocycles. The Hall–Kier alpha value is -3.14. The smallest absolute Gasteiger partial charge is 0.278 e. The molecule has 24 heavy (non-hydrogen) atoms. The standard InChI is InChI=1S/C20H18N2O2/c1-3-14-22-19(23)17(15-10-6-4-7-11-15)18(20(22)24)21(2)16-12-8-5-9-13-16/h3-13H,1,14H2,2H3. The molecule has 0 bridgehead atoms. The number of hydrogen-bond donors (Lipinski definition) is 0. The van der Waals surface area contributed by atoms with E-state index in [1.807, 2.05) is 60.7 Å². The molecule has 0 aromatic heterocycles. The molecule has 4 nitrogen and oxygen atoms in total. The van der Waals surface area contributed by atoms with Gasteiger partial charge in [-0.2, -0.15) is 0 Å². The van der Waals surface area contributed by atoms with Gasteiger partial charge in [-0.25, -0.2) is 0 Å². The van der Waals surface area contributed by atoms with E-state index in [9.17, 15) is 9.59 Å². The SMILES string of the molecule is C=CCN1C(=O)C(c2ccccc2)=C(N(C)c2ccccc2)C1=O. The number of carbonyl (C=O) groups is 2. The molecule has 120 valence electrons. The van der Waals surface area contributed by atoms with Crippen molar-refractivity contribution >= 4 is 23.1 Å². The molecule has 0 aliphatic carbocycles. The van der Waals surface area contributed by atoms with Crippen LogP contribution < -0.4 is 4.90 Å². The highest BCUT2D eigenvalue weighted by Crippen LogP contribution is 2.33. The minimum Gasteiger partial charge on any atom is -0.339 e. The molecular formula is C20H18N2O2. The van der Waals surface area contributed by atoms with Crippen LogP contribution >= 0.6 is 0 Å². The van der Waals surface area contributed by atoms with Gasteiger partial charge in [-0.05, 0) is 17.7 Å². The number of para-hydroxylation sites is 1. The summed E-state index contributed by atoms with van der Waals surface area (Å²) in [5.74, 6) is -0.589. The maximum absolute atomic E-state index is 12.9. The lowest BCUT2D eigenvalue weighted by Gasteiger charge is -2.21. The Labute approximate surface area is 141 Å². The summed E-state index contributed by atoms with van der Waals surface area (Å²) in [5, 5.41) is 0. The van der Waals surface area contributed by atoms with Crippen molar-refractivity contribution in [3.8, 4) is 0 Å². The Morgan fingerprint density at radius 3 is 2.12 bits per heavy atom. The van der Waals surface area contributed by atoms with Gasteiger partial charge in [0.2, 0.25) is 0 Å². The zero-order valence-electron chi connectivity index (χ0n) is 13.5. The van der Waals surface area contributed by atoms with Crippen LogP contribution in [0.15, 0.2) is 79.0 Å². The molecule has 0 spiro atoms. The number of carbonyl (C=O) groups excluding carboxylic acids is 2. The Bertz CT molecular complexity index is 810. The zero-order chi connectivity index (χ0) is 17.1. The lowest BCUT2D eigenvalue weighted by molar-refractivity contribution is -0.136. The quantitative estimate of drug-likeness (QED) is 0.628. The molecule has 1 aliphatic heterocycles. The highest BCUT2D eigenvalue weighted by molar-refractivity contribution is 6.36. The molecule has 2 amide bonds. The highest BCUT2D eigenvalue weighted by atomic mass is 16.2. The number of nitrogens with zero attached hydrogens (tertiary/aromatic N) is 2. The predicted molar refractivity (Wildman–Crippen MR) is 95.1 cm³/mol. The second-order valence-electron chi connectivity index (χ2n) is 5.49. The summed E-state index contributed by atoms with van der Waals surface area (Å²) in [6.45, 7) is 3.84. The van der Waals surface area contributed by atoms with Crippen LogP contribution in [0.4, 0.5) is 5.69 Å². The van der Waals surface area contributed by atoms with Gasteiger partial charge in [-0.3, -0.25) is 14.5 Å². The van der Waals surface area contributed by atoms with Crippen LogP contribution in [-0.4, -0.2) is 30.3 Å². The number of hydrogen-bond acceptors (Lipinski definition) is 3. The van der Waals surface area contributed by atoms with Gasteiger partial charge >= 0.3 is 0 Å². The van der Waals surface area contributed by atoms with Crippen molar-refractivity contribution in [2.75, 3.05) is 18.5 Å². The third kappa shape index (κ3) is 2.63. The molecule has 4 heteroatoms. The van der Waals surface area contributed by atoms with Crippen molar-refractivity contribution in [2.45, 2.75) is 0 Å². The minimum atomic E-state index is -0.301. The molecule has 2 aromatic rings. The van der Waals surface area contributed by atoms with Crippen molar-refractivity contribution in [1.82, 2.24) is 4.90 Å². The fourth-order valence-electron chi connectivity index (χ4n) is 2.82. The van der Waals surface area contributed by atoms with Crippen LogP contribution in [0.2, 0.25) is 0 Å². The van der Waals surface area contributed by atoms with Crippen LogP contribution in [-0.2, 0) is 9.59 Å². The molecule has 0 N–H and O–H groups in total. The summed E-state index contributed by atoms with van der Waals surface area (Å²) >= 11 is 0. The van der Waals surface area contributed by atoms with Crippen LogP contribution in [0.1, 0.15) is 5.56 Å². The first-order valence-corrected chi connectivity index (χ1v) is 7.70. The van der Waals surface area contributed by atoms with Gasteiger partial charge in [-0.15, -0.1) is 6.58 Å². The molecule has 0 fully saturated rings. The maximum atomic E-state index is 12.9. The van der Waals surface area contributed by atoms with E-state index in [-0.39, 0.29) is 18.4 Å². The van der Waals surface area contributed by atoms with Crippen molar-refractivity contribution < 1.29 is 9.59 Å². The molecular weight excluding hydrogens is 300 g/mol. The fraction of sp³-hybridized carbons (Fsp3) is 0.100. The maximum Gasteiger partial charge on any atom is 0.278 e. The molecule has 3 rings (SSSR count). The van der Waals surface area contributed by atoms with E-state index in [2.05, 4.69) is 6.58 Å². The van der Waals surface area contributed by atoms with Crippen LogP contribution in [0.3, 0.4) is 0 Å². The van der Waals surface area contributed by atoms with E-state index < -0.39 is 0 Å². The van der Waals surface area contributed by atoms with Crippen LogP contribution in [0, 0.1) is 0 Å². The number of likely N-dealkylation sites (N-methyl/N-ethyl adjacent to an activating group) is 1. The first kappa shape index (κ1) is 15.7. The summed E-state index contributed by atoms with van der Waals surface area (Å²) in [7, 11) is 1.80. The van der Waals surface area contributed by atoms with E-state index in [1.165, 1.54) is 4.90 Å². The van der Waals surface area contributed by atoms with Crippen molar-refractivity contribution in [2.24, 2.45) is 0 Å². The van der Waals surface area contributed by atoms with E-state index in [0.717, 1.165) is 11.3 Å². The second-order valence-corrected chi connectivity index (χ2v) is 5.49. The van der Waals surface area contributed by atoms with E-state index in [0.29, 0.717) is 11.3 Å². The number of anilines is 1. The number of rotatable bonds is 5. The number of imide groups is 1. The van der Waals surface area contributed by atoms with Crippen molar-refractivity contribution in [3.05, 3.63) is 84.6 Å². The summed E-state index contributed by atoms with van der Waals surface area (Å²) in [5.41, 5.74) is 2.40. The second kappa shape index (κ2) is 6.54. The summed E-state index contributed by atoms with van der Waals surface area (Å²) < 4.78 is 0. The monoisotopic (exact) mass is 318 g/mol. The third-order valence-electron chi connectivity index (χ3n) is 4.00. The normalized spacial score (nSPS) is 14.3. The van der Waals surface area contributed by atoms with Crippen molar-refractivity contribution in [1.29, 1.82) is 0 Å². The average Bonchev–Trinajstić information content (AvgIpc) is 2.87. The molecule has 0 saturated heterocycles. The Kier molecular flexibility index (Phi) is 4.29. The fourth-order valence-corrected chi connectivity index (χ4v) is 2.82. The topological polar surface area (TPSA) is 40.6 Å². The first-order valence-electron chi connectivity index (χ1n) is 7.70. The average molecular weight is 318 g/mol. The van der Waals surface area contributed by atoms with Crippen LogP contribution in [0.5, 0.6) is 0 Å². The number of benzene rings is 2. The van der Waals surface area contributed by atoms with E-state index in [1.54, 1.807) is 18.0 Å². The zero-order valence-corrected chi connectivity index (χ0v) is 13.5. The predicted octanol–water partition coefficient (Wildman–Crippen LogP) is 3.09. The van der Waals surface area contributed by atoms with Gasteiger partial charge < -0.3 is 4.90 Å². The Morgan fingerprint density at radius 2 is 1.54 bits per heavy atom. The largest absolute Gasteiger partial charge is 0.339 e. The molecule has 0 saturated carbocycles. The number of amides is 2. The Morgan fingerprint density at radius 1 is 0.958 bits per heavy atom. The summed E-state index contributed by atoms with van der Waals surface area (Å²) in [4.78, 5) is 28.7. The summed E-state index contributed by atoms with van der Waals surface area (Å²) in [6, 6.07) is 18.8. The lowest BCUT2D eigenvalue weighted by atomic mass is 10.0. The van der Waals surface area contributed by atoms with Gasteiger partial charge in [0, 0.05) is 19.3 Å².